The van der Waals surface area contributed by atoms with Crippen LogP contribution in [0.15, 0.2) is 0 Å². The Kier molecular flexibility index (Phi) is 5.62. The van der Waals surface area contributed by atoms with Crippen molar-refractivity contribution in [1.82, 2.24) is 9.29 Å². The predicted molar refractivity (Wildman–Crippen MR) is 94.8 cm³/mol. The zero-order chi connectivity index (χ0) is 18.0. The number of thiazole rings is 1. The molecule has 0 atom stereocenters. The standard InChI is InChI=1S/C15H23N3O5S2/c1-10-13(14(19)20)17-15(24-10)16-11-2-6-18(7-3-11)25(21,22)12-4-8-23-9-5-12/h11-12H,2-9H2,1H3,(H,16,17)(H,19,20). The van der Waals surface area contributed by atoms with Crippen molar-refractivity contribution < 1.29 is 23.1 Å². The van der Waals surface area contributed by atoms with Crippen LogP contribution in [0.5, 0.6) is 0 Å². The molecule has 2 aliphatic heterocycles. The number of aromatic carboxylic acids is 1. The van der Waals surface area contributed by atoms with Crippen LogP contribution in [0.3, 0.4) is 0 Å². The molecule has 140 valence electrons. The van der Waals surface area contributed by atoms with Crippen LogP contribution in [-0.4, -0.2) is 66.4 Å². The minimum absolute atomic E-state index is 0.0760. The van der Waals surface area contributed by atoms with Crippen molar-refractivity contribution >= 4 is 32.5 Å². The first kappa shape index (κ1) is 18.6. The van der Waals surface area contributed by atoms with Crippen LogP contribution in [0.4, 0.5) is 5.13 Å². The Morgan fingerprint density at radius 1 is 1.28 bits per heavy atom. The highest BCUT2D eigenvalue weighted by Gasteiger charge is 2.35. The molecule has 3 heterocycles. The van der Waals surface area contributed by atoms with Gasteiger partial charge in [-0.3, -0.25) is 0 Å². The number of anilines is 1. The predicted octanol–water partition coefficient (Wildman–Crippen LogP) is 1.53. The third-order valence-corrected chi connectivity index (χ3v) is 8.03. The number of nitrogens with zero attached hydrogens (tertiary/aromatic N) is 2. The number of aromatic nitrogens is 1. The summed E-state index contributed by atoms with van der Waals surface area (Å²) in [6, 6.07) is 0.105. The summed E-state index contributed by atoms with van der Waals surface area (Å²) in [6.07, 6.45) is 2.50. The van der Waals surface area contributed by atoms with E-state index in [1.54, 1.807) is 11.2 Å². The lowest BCUT2D eigenvalue weighted by Crippen LogP contribution is -2.47. The topological polar surface area (TPSA) is 109 Å². The lowest BCUT2D eigenvalue weighted by atomic mass is 10.1. The monoisotopic (exact) mass is 389 g/mol. The zero-order valence-corrected chi connectivity index (χ0v) is 15.7. The molecule has 1 aromatic rings. The summed E-state index contributed by atoms with van der Waals surface area (Å²) in [7, 11) is -3.26. The first-order valence-electron chi connectivity index (χ1n) is 8.42. The number of nitrogens with one attached hydrogen (secondary N) is 1. The summed E-state index contributed by atoms with van der Waals surface area (Å²) in [4.78, 5) is 15.8. The van der Waals surface area contributed by atoms with Gasteiger partial charge in [0.25, 0.3) is 0 Å². The maximum Gasteiger partial charge on any atom is 0.355 e. The number of hydrogen-bond donors (Lipinski definition) is 2. The van der Waals surface area contributed by atoms with Gasteiger partial charge in [0.05, 0.1) is 5.25 Å². The second-order valence-corrected chi connectivity index (χ2v) is 9.82. The Balaban J connectivity index is 1.56. The van der Waals surface area contributed by atoms with Gasteiger partial charge in [-0.15, -0.1) is 11.3 Å². The van der Waals surface area contributed by atoms with Gasteiger partial charge in [-0.1, -0.05) is 0 Å². The van der Waals surface area contributed by atoms with Gasteiger partial charge >= 0.3 is 5.97 Å². The highest BCUT2D eigenvalue weighted by atomic mass is 32.2. The van der Waals surface area contributed by atoms with E-state index in [-0.39, 0.29) is 17.0 Å². The van der Waals surface area contributed by atoms with Gasteiger partial charge in [0.2, 0.25) is 10.0 Å². The van der Waals surface area contributed by atoms with Gasteiger partial charge < -0.3 is 15.2 Å². The molecule has 1 aromatic heterocycles. The Labute approximate surface area is 151 Å². The van der Waals surface area contributed by atoms with Crippen molar-refractivity contribution in [2.24, 2.45) is 0 Å². The molecule has 3 rings (SSSR count). The quantitative estimate of drug-likeness (QED) is 0.786. The number of rotatable bonds is 5. The van der Waals surface area contributed by atoms with E-state index in [1.165, 1.54) is 11.3 Å². The molecule has 0 aliphatic carbocycles. The summed E-state index contributed by atoms with van der Waals surface area (Å²) >= 11 is 1.32. The molecule has 2 aliphatic rings. The number of sulfonamides is 1. The third-order valence-electron chi connectivity index (χ3n) is 4.73. The van der Waals surface area contributed by atoms with E-state index >= 15 is 0 Å². The Morgan fingerprint density at radius 3 is 2.48 bits per heavy atom. The molecule has 2 saturated heterocycles. The fourth-order valence-corrected chi connectivity index (χ4v) is 6.08. The molecule has 25 heavy (non-hydrogen) atoms. The molecule has 2 fully saturated rings. The van der Waals surface area contributed by atoms with Gasteiger partial charge in [0.15, 0.2) is 10.8 Å². The molecule has 0 spiro atoms. The SMILES string of the molecule is Cc1sc(NC2CCN(S(=O)(=O)C3CCOCC3)CC2)nc1C(=O)O. The van der Waals surface area contributed by atoms with Crippen LogP contribution in [0.2, 0.25) is 0 Å². The molecule has 0 bridgehead atoms. The van der Waals surface area contributed by atoms with Crippen LogP contribution >= 0.6 is 11.3 Å². The fraction of sp³-hybridized carbons (Fsp3) is 0.733. The number of aryl methyl sites for hydroxylation is 1. The van der Waals surface area contributed by atoms with Crippen molar-refractivity contribution in [3.8, 4) is 0 Å². The average molecular weight is 389 g/mol. The maximum absolute atomic E-state index is 12.7. The normalized spacial score (nSPS) is 21.3. The summed E-state index contributed by atoms with van der Waals surface area (Å²) < 4.78 is 32.3. The summed E-state index contributed by atoms with van der Waals surface area (Å²) in [5, 5.41) is 12.6. The first-order valence-corrected chi connectivity index (χ1v) is 10.7. The number of carboxylic acid groups (broad SMARTS) is 1. The average Bonchev–Trinajstić information content (AvgIpc) is 2.97. The van der Waals surface area contributed by atoms with Gasteiger partial charge in [0.1, 0.15) is 0 Å². The molecular formula is C15H23N3O5S2. The van der Waals surface area contributed by atoms with Gasteiger partial charge in [-0.25, -0.2) is 22.5 Å². The van der Waals surface area contributed by atoms with Crippen molar-refractivity contribution in [1.29, 1.82) is 0 Å². The van der Waals surface area contributed by atoms with Crippen LogP contribution in [0.1, 0.15) is 41.0 Å². The highest BCUT2D eigenvalue weighted by molar-refractivity contribution is 7.89. The molecule has 0 aromatic carbocycles. The molecule has 0 saturated carbocycles. The molecule has 0 radical (unpaired) electrons. The van der Waals surface area contributed by atoms with Gasteiger partial charge in [-0.05, 0) is 32.6 Å². The largest absolute Gasteiger partial charge is 0.476 e. The Hall–Kier alpha value is -1.23. The lowest BCUT2D eigenvalue weighted by Gasteiger charge is -2.35. The molecule has 8 nitrogen and oxygen atoms in total. The molecule has 0 amide bonds. The number of piperidine rings is 1. The Bertz CT molecular complexity index is 720. The van der Waals surface area contributed by atoms with Crippen LogP contribution < -0.4 is 5.32 Å². The summed E-state index contributed by atoms with van der Waals surface area (Å²) in [6.45, 7) is 3.71. The number of hydrogen-bond acceptors (Lipinski definition) is 7. The van der Waals surface area contributed by atoms with E-state index in [9.17, 15) is 13.2 Å². The van der Waals surface area contributed by atoms with Gasteiger partial charge in [0, 0.05) is 37.2 Å². The van der Waals surface area contributed by atoms with E-state index in [0.717, 1.165) is 0 Å². The van der Waals surface area contributed by atoms with Crippen LogP contribution in [-0.2, 0) is 14.8 Å². The van der Waals surface area contributed by atoms with Crippen molar-refractivity contribution in [3.63, 3.8) is 0 Å². The number of carbonyl (C=O) groups is 1. The molecule has 10 heteroatoms. The molecular weight excluding hydrogens is 366 g/mol. The molecule has 2 N–H and O–H groups in total. The van der Waals surface area contributed by atoms with Crippen LogP contribution in [0.25, 0.3) is 0 Å². The number of carboxylic acids is 1. The second-order valence-electron chi connectivity index (χ2n) is 6.40. The zero-order valence-electron chi connectivity index (χ0n) is 14.1. The first-order chi connectivity index (χ1) is 11.9. The summed E-state index contributed by atoms with van der Waals surface area (Å²) in [5.41, 5.74) is 0.0760. The van der Waals surface area contributed by atoms with Crippen molar-refractivity contribution in [2.75, 3.05) is 31.6 Å². The van der Waals surface area contributed by atoms with Gasteiger partial charge in [-0.2, -0.15) is 0 Å². The maximum atomic E-state index is 12.7. The smallest absolute Gasteiger partial charge is 0.355 e. The minimum Gasteiger partial charge on any atom is -0.476 e. The summed E-state index contributed by atoms with van der Waals surface area (Å²) in [5.74, 6) is -1.03. The van der Waals surface area contributed by atoms with E-state index in [4.69, 9.17) is 9.84 Å². The highest BCUT2D eigenvalue weighted by Crippen LogP contribution is 2.27. The molecule has 0 unspecified atom stereocenters. The van der Waals surface area contributed by atoms with E-state index in [1.807, 2.05) is 0 Å². The third kappa shape index (κ3) is 4.13. The van der Waals surface area contributed by atoms with E-state index < -0.39 is 16.0 Å². The minimum atomic E-state index is -3.26. The number of ether oxygens (including phenoxy) is 1. The Morgan fingerprint density at radius 2 is 1.92 bits per heavy atom. The van der Waals surface area contributed by atoms with E-state index in [2.05, 4.69) is 10.3 Å². The van der Waals surface area contributed by atoms with E-state index in [0.29, 0.717) is 62.0 Å². The van der Waals surface area contributed by atoms with Crippen LogP contribution in [0, 0.1) is 6.92 Å². The van der Waals surface area contributed by atoms with Crippen molar-refractivity contribution in [3.05, 3.63) is 10.6 Å². The fourth-order valence-electron chi connectivity index (χ4n) is 3.27. The second kappa shape index (κ2) is 7.56. The lowest BCUT2D eigenvalue weighted by molar-refractivity contribution is 0.0690. The van der Waals surface area contributed by atoms with Crippen molar-refractivity contribution in [2.45, 2.75) is 43.9 Å².